The minimum absolute atomic E-state index is 0.00951. The minimum atomic E-state index is -0.00951. The number of hydrogen-bond acceptors (Lipinski definition) is 4. The molecule has 0 aliphatic heterocycles. The van der Waals surface area contributed by atoms with Crippen LogP contribution in [0.25, 0.3) is 22.7 Å². The molecule has 0 bridgehead atoms. The number of ketones is 1. The average molecular weight is 335 g/mol. The number of fused-ring (bicyclic) bond motifs is 1. The molecule has 3 aromatic rings. The van der Waals surface area contributed by atoms with Gasteiger partial charge in [-0.05, 0) is 30.7 Å². The summed E-state index contributed by atoms with van der Waals surface area (Å²) in [6.07, 6.45) is 1.23. The molecular formula is C16H12Cl2N2O2. The molecule has 0 spiro atoms. The zero-order valence-corrected chi connectivity index (χ0v) is 13.3. The summed E-state index contributed by atoms with van der Waals surface area (Å²) in [4.78, 5) is 20.5. The van der Waals surface area contributed by atoms with Crippen molar-refractivity contribution in [2.45, 2.75) is 19.8 Å². The fraction of sp³-hybridized carbons (Fsp3) is 0.188. The van der Waals surface area contributed by atoms with Gasteiger partial charge >= 0.3 is 0 Å². The number of carbonyl (C=O) groups excluding carboxylic acids is 1. The van der Waals surface area contributed by atoms with E-state index in [9.17, 15) is 4.79 Å². The van der Waals surface area contributed by atoms with Crippen molar-refractivity contribution in [1.82, 2.24) is 9.97 Å². The molecule has 0 N–H and O–H groups in total. The topological polar surface area (TPSA) is 56.0 Å². The van der Waals surface area contributed by atoms with Gasteiger partial charge in [-0.3, -0.25) is 4.79 Å². The number of oxazole rings is 1. The first kappa shape index (κ1) is 15.0. The quantitative estimate of drug-likeness (QED) is 0.617. The molecule has 0 amide bonds. The number of carbonyl (C=O) groups is 1. The molecule has 4 nitrogen and oxygen atoms in total. The van der Waals surface area contributed by atoms with Crippen LogP contribution in [0, 0.1) is 0 Å². The summed E-state index contributed by atoms with van der Waals surface area (Å²) < 4.78 is 5.66. The Morgan fingerprint density at radius 2 is 1.86 bits per heavy atom. The van der Waals surface area contributed by atoms with Gasteiger partial charge in [-0.1, -0.05) is 36.2 Å². The van der Waals surface area contributed by atoms with E-state index >= 15 is 0 Å². The number of hydrogen-bond donors (Lipinski definition) is 0. The van der Waals surface area contributed by atoms with Gasteiger partial charge in [0.2, 0.25) is 5.89 Å². The lowest BCUT2D eigenvalue weighted by Gasteiger charge is -2.00. The second-order valence-corrected chi connectivity index (χ2v) is 5.62. The summed E-state index contributed by atoms with van der Waals surface area (Å²) in [6, 6.07) is 8.50. The van der Waals surface area contributed by atoms with E-state index in [2.05, 4.69) is 9.97 Å². The molecule has 0 radical (unpaired) electrons. The first-order valence-electron chi connectivity index (χ1n) is 6.85. The van der Waals surface area contributed by atoms with Crippen molar-refractivity contribution >= 4 is 40.2 Å². The van der Waals surface area contributed by atoms with Gasteiger partial charge in [-0.25, -0.2) is 4.98 Å². The standard InChI is InChI=1S/C16H12Cl2N2O2/c1-2-4-12(21)11-7-8-13-15(19-11)20-16(22-13)14-9(17)5-3-6-10(14)18/h3,5-8H,2,4H2,1H3. The molecular weight excluding hydrogens is 323 g/mol. The molecule has 22 heavy (non-hydrogen) atoms. The van der Waals surface area contributed by atoms with Crippen LogP contribution in [0.15, 0.2) is 34.7 Å². The number of benzene rings is 1. The molecule has 0 aliphatic carbocycles. The van der Waals surface area contributed by atoms with Crippen molar-refractivity contribution in [3.05, 3.63) is 46.1 Å². The maximum atomic E-state index is 11.9. The maximum Gasteiger partial charge on any atom is 0.231 e. The molecule has 1 aromatic carbocycles. The van der Waals surface area contributed by atoms with Gasteiger partial charge in [-0.2, -0.15) is 4.98 Å². The number of rotatable bonds is 4. The first-order valence-corrected chi connectivity index (χ1v) is 7.61. The van der Waals surface area contributed by atoms with Gasteiger partial charge in [0.05, 0.1) is 15.6 Å². The maximum absolute atomic E-state index is 11.9. The van der Waals surface area contributed by atoms with Gasteiger partial charge in [0.15, 0.2) is 17.0 Å². The van der Waals surface area contributed by atoms with Crippen LogP contribution in [0.3, 0.4) is 0 Å². The lowest BCUT2D eigenvalue weighted by molar-refractivity contribution is 0.0977. The molecule has 2 aromatic heterocycles. The van der Waals surface area contributed by atoms with Gasteiger partial charge in [0.25, 0.3) is 0 Å². The lowest BCUT2D eigenvalue weighted by Crippen LogP contribution is -2.01. The Labute approximate surface area is 137 Å². The molecule has 0 saturated heterocycles. The number of halogens is 2. The van der Waals surface area contributed by atoms with E-state index in [4.69, 9.17) is 27.6 Å². The summed E-state index contributed by atoms with van der Waals surface area (Å²) >= 11 is 12.3. The number of nitrogens with zero attached hydrogens (tertiary/aromatic N) is 2. The second-order valence-electron chi connectivity index (χ2n) is 4.81. The van der Waals surface area contributed by atoms with Crippen LogP contribution < -0.4 is 0 Å². The van der Waals surface area contributed by atoms with Crippen molar-refractivity contribution in [2.24, 2.45) is 0 Å². The van der Waals surface area contributed by atoms with Crippen LogP contribution in [-0.2, 0) is 0 Å². The Balaban J connectivity index is 2.09. The molecule has 2 heterocycles. The van der Waals surface area contributed by atoms with Gasteiger partial charge in [-0.15, -0.1) is 0 Å². The Kier molecular flexibility index (Phi) is 4.14. The highest BCUT2D eigenvalue weighted by molar-refractivity contribution is 6.38. The molecule has 0 fully saturated rings. The summed E-state index contributed by atoms with van der Waals surface area (Å²) in [5, 5.41) is 0.891. The third-order valence-corrected chi connectivity index (χ3v) is 3.82. The Morgan fingerprint density at radius 1 is 1.14 bits per heavy atom. The van der Waals surface area contributed by atoms with E-state index in [1.807, 2.05) is 6.92 Å². The van der Waals surface area contributed by atoms with E-state index in [0.29, 0.717) is 39.0 Å². The molecule has 3 rings (SSSR count). The van der Waals surface area contributed by atoms with Crippen molar-refractivity contribution < 1.29 is 9.21 Å². The van der Waals surface area contributed by atoms with Crippen molar-refractivity contribution in [1.29, 1.82) is 0 Å². The Morgan fingerprint density at radius 3 is 2.55 bits per heavy atom. The van der Waals surface area contributed by atoms with Crippen LogP contribution in [0.2, 0.25) is 10.0 Å². The third kappa shape index (κ3) is 2.72. The lowest BCUT2D eigenvalue weighted by atomic mass is 10.1. The highest BCUT2D eigenvalue weighted by atomic mass is 35.5. The van der Waals surface area contributed by atoms with E-state index in [1.54, 1.807) is 30.3 Å². The van der Waals surface area contributed by atoms with Crippen LogP contribution in [0.4, 0.5) is 0 Å². The van der Waals surface area contributed by atoms with E-state index in [0.717, 1.165) is 6.42 Å². The van der Waals surface area contributed by atoms with Crippen molar-refractivity contribution in [2.75, 3.05) is 0 Å². The number of pyridine rings is 1. The zero-order chi connectivity index (χ0) is 15.7. The smallest absolute Gasteiger partial charge is 0.231 e. The zero-order valence-electron chi connectivity index (χ0n) is 11.8. The predicted octanol–water partition coefficient (Wildman–Crippen LogP) is 5.18. The van der Waals surface area contributed by atoms with Gasteiger partial charge in [0, 0.05) is 6.42 Å². The second kappa shape index (κ2) is 6.07. The monoisotopic (exact) mass is 334 g/mol. The number of aromatic nitrogens is 2. The largest absolute Gasteiger partial charge is 0.434 e. The van der Waals surface area contributed by atoms with Crippen LogP contribution in [0.5, 0.6) is 0 Å². The summed E-state index contributed by atoms with van der Waals surface area (Å²) in [5.41, 5.74) is 1.76. The fourth-order valence-electron chi connectivity index (χ4n) is 2.14. The predicted molar refractivity (Wildman–Crippen MR) is 86.5 cm³/mol. The highest BCUT2D eigenvalue weighted by Crippen LogP contribution is 2.35. The van der Waals surface area contributed by atoms with Crippen molar-refractivity contribution in [3.63, 3.8) is 0 Å². The SMILES string of the molecule is CCCC(=O)c1ccc2oc(-c3c(Cl)cccc3Cl)nc2n1. The normalized spacial score (nSPS) is 11.0. The molecule has 0 atom stereocenters. The van der Waals surface area contributed by atoms with Gasteiger partial charge in [0.1, 0.15) is 5.69 Å². The summed E-state index contributed by atoms with van der Waals surface area (Å²) in [6.45, 7) is 1.95. The first-order chi connectivity index (χ1) is 10.6. The van der Waals surface area contributed by atoms with Crippen LogP contribution in [0.1, 0.15) is 30.3 Å². The van der Waals surface area contributed by atoms with Crippen LogP contribution >= 0.6 is 23.2 Å². The average Bonchev–Trinajstić information content (AvgIpc) is 2.89. The van der Waals surface area contributed by atoms with E-state index in [1.165, 1.54) is 0 Å². The number of Topliss-reactive ketones (excluding diaryl/α,β-unsaturated/α-hetero) is 1. The van der Waals surface area contributed by atoms with Gasteiger partial charge < -0.3 is 4.42 Å². The summed E-state index contributed by atoms with van der Waals surface area (Å²) in [5.74, 6) is 0.280. The molecule has 0 aliphatic rings. The van der Waals surface area contributed by atoms with Crippen molar-refractivity contribution in [3.8, 4) is 11.5 Å². The highest BCUT2D eigenvalue weighted by Gasteiger charge is 2.17. The third-order valence-electron chi connectivity index (χ3n) is 3.19. The van der Waals surface area contributed by atoms with E-state index in [-0.39, 0.29) is 11.7 Å². The molecule has 112 valence electrons. The van der Waals surface area contributed by atoms with Crippen LogP contribution in [-0.4, -0.2) is 15.8 Å². The summed E-state index contributed by atoms with van der Waals surface area (Å²) in [7, 11) is 0. The van der Waals surface area contributed by atoms with E-state index < -0.39 is 0 Å². The molecule has 6 heteroatoms. The minimum Gasteiger partial charge on any atom is -0.434 e. The Hall–Kier alpha value is -1.91. The molecule has 0 saturated carbocycles. The fourth-order valence-corrected chi connectivity index (χ4v) is 2.70. The molecule has 0 unspecified atom stereocenters. The Bertz CT molecular complexity index is 838.